The van der Waals surface area contributed by atoms with Crippen LogP contribution in [0.3, 0.4) is 0 Å². The van der Waals surface area contributed by atoms with Gasteiger partial charge in [-0.15, -0.1) is 0 Å². The van der Waals surface area contributed by atoms with Crippen LogP contribution in [0.25, 0.3) is 0 Å². The third kappa shape index (κ3) is 3.67. The molecule has 0 saturated heterocycles. The first kappa shape index (κ1) is 12.8. The van der Waals surface area contributed by atoms with Crippen molar-refractivity contribution in [3.63, 3.8) is 0 Å². The van der Waals surface area contributed by atoms with Gasteiger partial charge in [0.1, 0.15) is 0 Å². The van der Waals surface area contributed by atoms with Gasteiger partial charge in [0.25, 0.3) is 0 Å². The molecule has 18 heavy (non-hydrogen) atoms. The number of hydrogen-bond acceptors (Lipinski definition) is 4. The fourth-order valence-corrected chi connectivity index (χ4v) is 1.91. The van der Waals surface area contributed by atoms with Gasteiger partial charge in [0.15, 0.2) is 5.82 Å². The van der Waals surface area contributed by atoms with Crippen molar-refractivity contribution in [1.82, 2.24) is 15.5 Å². The summed E-state index contributed by atoms with van der Waals surface area (Å²) in [6.07, 6.45) is 2.10. The van der Waals surface area contributed by atoms with Gasteiger partial charge in [0, 0.05) is 13.0 Å². The molecule has 4 nitrogen and oxygen atoms in total. The lowest BCUT2D eigenvalue weighted by atomic mass is 10.0. The molecule has 1 N–H and O–H groups in total. The zero-order valence-electron chi connectivity index (χ0n) is 10.9. The van der Waals surface area contributed by atoms with Crippen LogP contribution < -0.4 is 5.32 Å². The molecular formula is C14H19N3O. The first-order valence-corrected chi connectivity index (χ1v) is 6.34. The standard InChI is InChI=1S/C14H19N3O/c1-3-13(9-12-7-5-4-6-8-12)15-10-14-16-11(2)18-17-14/h4-8,13,15H,3,9-10H2,1-2H3. The Morgan fingerprint density at radius 1 is 1.28 bits per heavy atom. The Hall–Kier alpha value is -1.68. The maximum Gasteiger partial charge on any atom is 0.223 e. The highest BCUT2D eigenvalue weighted by Crippen LogP contribution is 2.06. The summed E-state index contributed by atoms with van der Waals surface area (Å²) in [5.74, 6) is 1.34. The van der Waals surface area contributed by atoms with Crippen molar-refractivity contribution >= 4 is 0 Å². The summed E-state index contributed by atoms with van der Waals surface area (Å²) >= 11 is 0. The molecule has 0 aliphatic heterocycles. The summed E-state index contributed by atoms with van der Waals surface area (Å²) in [5, 5.41) is 7.34. The second kappa shape index (κ2) is 6.31. The molecule has 2 rings (SSSR count). The van der Waals surface area contributed by atoms with Gasteiger partial charge in [0.05, 0.1) is 6.54 Å². The maximum atomic E-state index is 4.95. The quantitative estimate of drug-likeness (QED) is 0.849. The summed E-state index contributed by atoms with van der Waals surface area (Å²) in [6, 6.07) is 10.9. The Kier molecular flexibility index (Phi) is 4.47. The summed E-state index contributed by atoms with van der Waals surface area (Å²) in [6.45, 7) is 4.64. The molecule has 4 heteroatoms. The molecule has 0 fully saturated rings. The smallest absolute Gasteiger partial charge is 0.223 e. The zero-order chi connectivity index (χ0) is 12.8. The van der Waals surface area contributed by atoms with Crippen molar-refractivity contribution in [3.8, 4) is 0 Å². The van der Waals surface area contributed by atoms with E-state index in [2.05, 4.69) is 46.6 Å². The van der Waals surface area contributed by atoms with Gasteiger partial charge in [-0.05, 0) is 18.4 Å². The van der Waals surface area contributed by atoms with Crippen LogP contribution in [0.15, 0.2) is 34.9 Å². The SMILES string of the molecule is CCC(Cc1ccccc1)NCc1noc(C)n1. The van der Waals surface area contributed by atoms with Crippen molar-refractivity contribution in [2.24, 2.45) is 0 Å². The van der Waals surface area contributed by atoms with E-state index in [1.807, 2.05) is 6.07 Å². The second-order valence-electron chi connectivity index (χ2n) is 4.41. The average molecular weight is 245 g/mol. The monoisotopic (exact) mass is 245 g/mol. The van der Waals surface area contributed by atoms with E-state index in [1.165, 1.54) is 5.56 Å². The number of aryl methyl sites for hydroxylation is 1. The fraction of sp³-hybridized carbons (Fsp3) is 0.429. The lowest BCUT2D eigenvalue weighted by molar-refractivity contribution is 0.382. The third-order valence-electron chi connectivity index (χ3n) is 2.94. The molecule has 2 aromatic rings. The topological polar surface area (TPSA) is 51.0 Å². The molecular weight excluding hydrogens is 226 g/mol. The molecule has 0 aliphatic rings. The molecule has 1 aromatic heterocycles. The number of aromatic nitrogens is 2. The van der Waals surface area contributed by atoms with Crippen molar-refractivity contribution in [2.45, 2.75) is 39.3 Å². The van der Waals surface area contributed by atoms with Gasteiger partial charge in [-0.25, -0.2) is 0 Å². The molecule has 0 saturated carbocycles. The van der Waals surface area contributed by atoms with Crippen molar-refractivity contribution < 1.29 is 4.52 Å². The fourth-order valence-electron chi connectivity index (χ4n) is 1.91. The van der Waals surface area contributed by atoms with E-state index >= 15 is 0 Å². The average Bonchev–Trinajstić information content (AvgIpc) is 2.81. The van der Waals surface area contributed by atoms with Crippen LogP contribution in [0.2, 0.25) is 0 Å². The normalized spacial score (nSPS) is 12.6. The predicted molar refractivity (Wildman–Crippen MR) is 70.1 cm³/mol. The highest BCUT2D eigenvalue weighted by Gasteiger charge is 2.09. The summed E-state index contributed by atoms with van der Waals surface area (Å²) < 4.78 is 4.95. The van der Waals surface area contributed by atoms with Crippen LogP contribution in [-0.4, -0.2) is 16.2 Å². The molecule has 96 valence electrons. The minimum atomic E-state index is 0.436. The highest BCUT2D eigenvalue weighted by atomic mass is 16.5. The van der Waals surface area contributed by atoms with Gasteiger partial charge < -0.3 is 9.84 Å². The molecule has 0 bridgehead atoms. The Morgan fingerprint density at radius 2 is 2.06 bits per heavy atom. The molecule has 0 aliphatic carbocycles. The minimum Gasteiger partial charge on any atom is -0.340 e. The van der Waals surface area contributed by atoms with Gasteiger partial charge in [-0.2, -0.15) is 4.98 Å². The van der Waals surface area contributed by atoms with Crippen LogP contribution in [0.1, 0.15) is 30.6 Å². The van der Waals surface area contributed by atoms with Crippen LogP contribution in [-0.2, 0) is 13.0 Å². The van der Waals surface area contributed by atoms with E-state index in [1.54, 1.807) is 6.92 Å². The number of nitrogens with one attached hydrogen (secondary N) is 1. The lowest BCUT2D eigenvalue weighted by Crippen LogP contribution is -2.30. The van der Waals surface area contributed by atoms with E-state index in [0.717, 1.165) is 18.7 Å². The molecule has 0 spiro atoms. The largest absolute Gasteiger partial charge is 0.340 e. The Morgan fingerprint density at radius 3 is 2.67 bits per heavy atom. The van der Waals surface area contributed by atoms with Crippen molar-refractivity contribution in [2.75, 3.05) is 0 Å². The molecule has 0 radical (unpaired) electrons. The van der Waals surface area contributed by atoms with Crippen LogP contribution in [0.4, 0.5) is 0 Å². The van der Waals surface area contributed by atoms with E-state index in [4.69, 9.17) is 4.52 Å². The van der Waals surface area contributed by atoms with Crippen molar-refractivity contribution in [3.05, 3.63) is 47.6 Å². The van der Waals surface area contributed by atoms with Gasteiger partial charge >= 0.3 is 0 Å². The highest BCUT2D eigenvalue weighted by molar-refractivity contribution is 5.15. The van der Waals surface area contributed by atoms with Crippen LogP contribution in [0.5, 0.6) is 0 Å². The number of hydrogen-bond donors (Lipinski definition) is 1. The van der Waals surface area contributed by atoms with Gasteiger partial charge in [0.2, 0.25) is 5.89 Å². The van der Waals surface area contributed by atoms with Crippen LogP contribution >= 0.6 is 0 Å². The van der Waals surface area contributed by atoms with E-state index < -0.39 is 0 Å². The van der Waals surface area contributed by atoms with Gasteiger partial charge in [-0.3, -0.25) is 0 Å². The molecule has 1 unspecified atom stereocenters. The lowest BCUT2D eigenvalue weighted by Gasteiger charge is -2.15. The third-order valence-corrected chi connectivity index (χ3v) is 2.94. The molecule has 0 amide bonds. The molecule has 1 heterocycles. The summed E-state index contributed by atoms with van der Waals surface area (Å²) in [5.41, 5.74) is 1.35. The summed E-state index contributed by atoms with van der Waals surface area (Å²) in [4.78, 5) is 4.18. The second-order valence-corrected chi connectivity index (χ2v) is 4.41. The minimum absolute atomic E-state index is 0.436. The number of nitrogens with zero attached hydrogens (tertiary/aromatic N) is 2. The number of rotatable bonds is 6. The number of benzene rings is 1. The predicted octanol–water partition coefficient (Wildman–Crippen LogP) is 2.49. The summed E-state index contributed by atoms with van der Waals surface area (Å²) in [7, 11) is 0. The maximum absolute atomic E-state index is 4.95. The molecule has 1 atom stereocenters. The van der Waals surface area contributed by atoms with E-state index in [-0.39, 0.29) is 0 Å². The zero-order valence-corrected chi connectivity index (χ0v) is 10.9. The van der Waals surface area contributed by atoms with Crippen LogP contribution in [0, 0.1) is 6.92 Å². The van der Waals surface area contributed by atoms with Crippen molar-refractivity contribution in [1.29, 1.82) is 0 Å². The first-order valence-electron chi connectivity index (χ1n) is 6.34. The van der Waals surface area contributed by atoms with E-state index in [0.29, 0.717) is 18.5 Å². The molecule has 1 aromatic carbocycles. The Balaban J connectivity index is 1.86. The Labute approximate surface area is 107 Å². The Bertz CT molecular complexity index is 467. The first-order chi connectivity index (χ1) is 8.78. The van der Waals surface area contributed by atoms with Gasteiger partial charge in [-0.1, -0.05) is 42.4 Å². The van der Waals surface area contributed by atoms with E-state index in [9.17, 15) is 0 Å².